The standard InChI is InChI=1S/C28H20Br2Cl2N2O7/c29-20-11-18-19(12-21(20)30)27(38)34(26(18)37)33(25(36)17-8-5-15(31)10-22(17)32)13-23(35)14-3-6-16(7-4-14)41-28(39)24-2-1-9-40-24/h1-10,18-21H,11-13H2/t18-,19-,20+,21+/m1/s1. The second kappa shape index (κ2) is 12.1. The molecule has 0 bridgehead atoms. The van der Waals surface area contributed by atoms with Crippen LogP contribution >= 0.6 is 55.1 Å². The number of ketones is 1. The number of furan rings is 1. The van der Waals surface area contributed by atoms with E-state index in [0.717, 1.165) is 10.0 Å². The molecule has 3 amide bonds. The first-order chi connectivity index (χ1) is 19.5. The van der Waals surface area contributed by atoms with Crippen molar-refractivity contribution in [3.8, 4) is 5.75 Å². The van der Waals surface area contributed by atoms with E-state index < -0.39 is 47.9 Å². The molecule has 1 saturated heterocycles. The number of hydrazine groups is 1. The number of ether oxygens (including phenoxy) is 1. The number of benzene rings is 2. The van der Waals surface area contributed by atoms with Gasteiger partial charge in [0.15, 0.2) is 5.78 Å². The first-order valence-electron chi connectivity index (χ1n) is 12.4. The van der Waals surface area contributed by atoms with E-state index in [4.69, 9.17) is 32.4 Å². The molecule has 1 aliphatic heterocycles. The van der Waals surface area contributed by atoms with E-state index in [-0.39, 0.29) is 42.3 Å². The zero-order chi connectivity index (χ0) is 29.4. The summed E-state index contributed by atoms with van der Waals surface area (Å²) in [5.74, 6) is -4.33. The lowest BCUT2D eigenvalue weighted by atomic mass is 9.81. The number of esters is 1. The molecule has 2 aromatic carbocycles. The summed E-state index contributed by atoms with van der Waals surface area (Å²) in [5, 5.41) is 1.91. The lowest BCUT2D eigenvalue weighted by Gasteiger charge is -2.30. The number of Topliss-reactive ketones (excluding diaryl/α,β-unsaturated/α-hetero) is 1. The Kier molecular flexibility index (Phi) is 8.70. The molecule has 2 aliphatic rings. The first-order valence-corrected chi connectivity index (χ1v) is 15.0. The predicted octanol–water partition coefficient (Wildman–Crippen LogP) is 5.97. The smallest absolute Gasteiger partial charge is 0.379 e. The monoisotopic (exact) mass is 724 g/mol. The van der Waals surface area contributed by atoms with Crippen LogP contribution in [0.5, 0.6) is 5.75 Å². The molecule has 212 valence electrons. The van der Waals surface area contributed by atoms with Crippen LogP contribution in [0.2, 0.25) is 10.0 Å². The van der Waals surface area contributed by atoms with Crippen molar-refractivity contribution in [2.45, 2.75) is 22.5 Å². The summed E-state index contributed by atoms with van der Waals surface area (Å²) in [6.07, 6.45) is 2.11. The van der Waals surface area contributed by atoms with E-state index in [9.17, 15) is 24.0 Å². The highest BCUT2D eigenvalue weighted by Gasteiger charge is 2.54. The van der Waals surface area contributed by atoms with E-state index in [1.807, 2.05) is 0 Å². The maximum absolute atomic E-state index is 13.8. The summed E-state index contributed by atoms with van der Waals surface area (Å²) >= 11 is 19.4. The molecule has 2 heterocycles. The third-order valence-corrected chi connectivity index (χ3v) is 10.2. The van der Waals surface area contributed by atoms with E-state index in [0.29, 0.717) is 12.8 Å². The number of hydrogen-bond acceptors (Lipinski definition) is 7. The number of fused-ring (bicyclic) bond motifs is 1. The number of carbonyl (C=O) groups is 5. The number of rotatable bonds is 7. The lowest BCUT2D eigenvalue weighted by Crippen LogP contribution is -2.52. The summed E-state index contributed by atoms with van der Waals surface area (Å²) < 4.78 is 10.2. The van der Waals surface area contributed by atoms with E-state index in [1.54, 1.807) is 6.07 Å². The molecular weight excluding hydrogens is 707 g/mol. The maximum Gasteiger partial charge on any atom is 0.379 e. The molecular formula is C28H20Br2Cl2N2O7. The minimum absolute atomic E-state index is 0.000213. The predicted molar refractivity (Wildman–Crippen MR) is 155 cm³/mol. The summed E-state index contributed by atoms with van der Waals surface area (Å²) in [5.41, 5.74) is 0.122. The largest absolute Gasteiger partial charge is 0.457 e. The molecule has 13 heteroatoms. The van der Waals surface area contributed by atoms with E-state index in [1.165, 1.54) is 54.8 Å². The Balaban J connectivity index is 1.42. The molecule has 0 radical (unpaired) electrons. The highest BCUT2D eigenvalue weighted by Crippen LogP contribution is 2.44. The third-order valence-electron chi connectivity index (χ3n) is 6.93. The van der Waals surface area contributed by atoms with Gasteiger partial charge in [-0.3, -0.25) is 19.2 Å². The van der Waals surface area contributed by atoms with Gasteiger partial charge in [0.05, 0.1) is 28.7 Å². The Morgan fingerprint density at radius 2 is 1.59 bits per heavy atom. The highest BCUT2D eigenvalue weighted by molar-refractivity contribution is 9.12. The molecule has 1 aromatic heterocycles. The Bertz CT molecular complexity index is 1500. The van der Waals surface area contributed by atoms with Crippen molar-refractivity contribution in [3.05, 3.63) is 87.8 Å². The van der Waals surface area contributed by atoms with Crippen molar-refractivity contribution >= 4 is 84.5 Å². The average molecular weight is 727 g/mol. The van der Waals surface area contributed by atoms with Crippen LogP contribution in [0, 0.1) is 11.8 Å². The van der Waals surface area contributed by atoms with Crippen LogP contribution in [0.3, 0.4) is 0 Å². The van der Waals surface area contributed by atoms with Crippen molar-refractivity contribution in [1.82, 2.24) is 10.0 Å². The van der Waals surface area contributed by atoms with Gasteiger partial charge in [0, 0.05) is 20.2 Å². The second-order valence-corrected chi connectivity index (χ2v) is 12.7. The number of hydrogen-bond donors (Lipinski definition) is 0. The van der Waals surface area contributed by atoms with E-state index >= 15 is 0 Å². The van der Waals surface area contributed by atoms with Gasteiger partial charge in [-0.25, -0.2) is 9.80 Å². The number of nitrogens with zero attached hydrogens (tertiary/aromatic N) is 2. The van der Waals surface area contributed by atoms with Gasteiger partial charge in [-0.1, -0.05) is 55.1 Å². The Labute approximate surface area is 260 Å². The van der Waals surface area contributed by atoms with Crippen LogP contribution in [-0.2, 0) is 9.59 Å². The highest BCUT2D eigenvalue weighted by atomic mass is 79.9. The van der Waals surface area contributed by atoms with Gasteiger partial charge in [0.2, 0.25) is 5.76 Å². The van der Waals surface area contributed by atoms with Crippen LogP contribution < -0.4 is 4.74 Å². The van der Waals surface area contributed by atoms with Gasteiger partial charge in [0.1, 0.15) is 12.3 Å². The second-order valence-electron chi connectivity index (χ2n) is 9.51. The van der Waals surface area contributed by atoms with Crippen molar-refractivity contribution in [1.29, 1.82) is 0 Å². The molecule has 3 aromatic rings. The Morgan fingerprint density at radius 1 is 0.951 bits per heavy atom. The normalized spacial score (nSPS) is 21.9. The Morgan fingerprint density at radius 3 is 2.15 bits per heavy atom. The van der Waals surface area contributed by atoms with Crippen LogP contribution in [-0.4, -0.2) is 55.7 Å². The molecule has 0 spiro atoms. The number of halogens is 4. The van der Waals surface area contributed by atoms with Gasteiger partial charge in [-0.05, 0) is 67.4 Å². The van der Waals surface area contributed by atoms with Crippen LogP contribution in [0.4, 0.5) is 0 Å². The molecule has 2 fully saturated rings. The van der Waals surface area contributed by atoms with Gasteiger partial charge >= 0.3 is 5.97 Å². The maximum atomic E-state index is 13.8. The van der Waals surface area contributed by atoms with Crippen molar-refractivity contribution in [2.24, 2.45) is 11.8 Å². The van der Waals surface area contributed by atoms with E-state index in [2.05, 4.69) is 31.9 Å². The van der Waals surface area contributed by atoms with Gasteiger partial charge in [0.25, 0.3) is 17.7 Å². The topological polar surface area (TPSA) is 114 Å². The summed E-state index contributed by atoms with van der Waals surface area (Å²) in [4.78, 5) is 66.3. The molecule has 41 heavy (non-hydrogen) atoms. The van der Waals surface area contributed by atoms with Crippen LogP contribution in [0.25, 0.3) is 0 Å². The van der Waals surface area contributed by atoms with Gasteiger partial charge < -0.3 is 9.15 Å². The summed E-state index contributed by atoms with van der Waals surface area (Å²) in [6.45, 7) is -0.629. The molecule has 4 atom stereocenters. The number of alkyl halides is 2. The fourth-order valence-corrected chi connectivity index (χ4v) is 6.57. The first kappa shape index (κ1) is 29.5. The average Bonchev–Trinajstić information content (AvgIpc) is 3.56. The zero-order valence-electron chi connectivity index (χ0n) is 21.0. The molecule has 1 aliphatic carbocycles. The summed E-state index contributed by atoms with van der Waals surface area (Å²) in [6, 6.07) is 12.8. The number of imide groups is 1. The fourth-order valence-electron chi connectivity index (χ4n) is 4.84. The van der Waals surface area contributed by atoms with Crippen molar-refractivity contribution < 1.29 is 33.1 Å². The molecule has 5 rings (SSSR count). The zero-order valence-corrected chi connectivity index (χ0v) is 25.7. The fraction of sp³-hybridized carbons (Fsp3) is 0.250. The lowest BCUT2D eigenvalue weighted by molar-refractivity contribution is -0.154. The molecule has 0 unspecified atom stereocenters. The molecule has 9 nitrogen and oxygen atoms in total. The SMILES string of the molecule is O=C(CN(C(=O)c1ccc(Cl)cc1Cl)N1C(=O)[C@@H]2C[C@H](Br)[C@@H](Br)C[C@H]2C1=O)c1ccc(OC(=O)c2ccco2)cc1. The Hall–Kier alpha value is -2.99. The van der Waals surface area contributed by atoms with Gasteiger partial charge in [-0.2, -0.15) is 5.01 Å². The third kappa shape index (κ3) is 5.99. The quantitative estimate of drug-likeness (QED) is 0.0970. The molecule has 0 N–H and O–H groups in total. The van der Waals surface area contributed by atoms with Crippen LogP contribution in [0.15, 0.2) is 65.3 Å². The minimum Gasteiger partial charge on any atom is -0.457 e. The number of amides is 3. The van der Waals surface area contributed by atoms with Gasteiger partial charge in [-0.15, -0.1) is 0 Å². The van der Waals surface area contributed by atoms with Crippen LogP contribution in [0.1, 0.15) is 44.1 Å². The minimum atomic E-state index is -0.810. The molecule has 1 saturated carbocycles. The van der Waals surface area contributed by atoms with Crippen molar-refractivity contribution in [3.63, 3.8) is 0 Å². The number of carbonyl (C=O) groups excluding carboxylic acids is 5. The van der Waals surface area contributed by atoms with Crippen molar-refractivity contribution in [2.75, 3.05) is 6.54 Å². The summed E-state index contributed by atoms with van der Waals surface area (Å²) in [7, 11) is 0.